The molecule has 61 heavy (non-hydrogen) atoms. The molecule has 0 aliphatic carbocycles. The molecule has 0 saturated carbocycles. The van der Waals surface area contributed by atoms with E-state index in [-0.39, 0.29) is 24.7 Å². The first-order valence-electron chi connectivity index (χ1n) is 22.6. The van der Waals surface area contributed by atoms with Gasteiger partial charge >= 0.3 is 5.97 Å². The topological polar surface area (TPSA) is 186 Å². The van der Waals surface area contributed by atoms with E-state index in [9.17, 15) is 30.0 Å². The summed E-state index contributed by atoms with van der Waals surface area (Å²) in [7, 11) is 6.54. The number of aliphatic hydroxyl groups is 4. The Kier molecular flexibility index (Phi) is 20.3. The third-order valence-electron chi connectivity index (χ3n) is 13.5. The van der Waals surface area contributed by atoms with Gasteiger partial charge in [-0.1, -0.05) is 52.3 Å². The molecule has 15 heteroatoms. The molecule has 15 nitrogen and oxygen atoms in total. The minimum Gasteiger partial charge on any atom is -0.462 e. The lowest BCUT2D eigenvalue weighted by molar-refractivity contribution is -0.304. The van der Waals surface area contributed by atoms with Crippen LogP contribution in [0.1, 0.15) is 87.5 Å². The minimum atomic E-state index is -1.23. The van der Waals surface area contributed by atoms with E-state index in [4.69, 9.17) is 33.2 Å². The average molecular weight is 869 g/mol. The van der Waals surface area contributed by atoms with Gasteiger partial charge in [0.2, 0.25) is 0 Å². The average Bonchev–Trinajstić information content (AvgIpc) is 3.19. The molecule has 0 aromatic heterocycles. The van der Waals surface area contributed by atoms with E-state index in [2.05, 4.69) is 18.7 Å². The largest absolute Gasteiger partial charge is 0.462 e. The summed E-state index contributed by atoms with van der Waals surface area (Å²) in [6, 6.07) is -0.684. The summed E-state index contributed by atoms with van der Waals surface area (Å²) in [6.45, 7) is 18.2. The van der Waals surface area contributed by atoms with Crippen molar-refractivity contribution in [2.45, 2.75) is 167 Å². The summed E-state index contributed by atoms with van der Waals surface area (Å²) in [5.74, 6) is -1.46. The fourth-order valence-corrected chi connectivity index (χ4v) is 10.0. The Morgan fingerprint density at radius 1 is 0.820 bits per heavy atom. The molecular formula is C46H80N2O13. The Morgan fingerprint density at radius 2 is 1.44 bits per heavy atom. The standard InChI is InChI=1S/C46H80N2O13/c1-13-36-33(24-57-46-44(56-12)43(55-11)40(53)31(8)59-46)19-25(2)14-15-34(49)28(5)20-32(16-17-48-22-26(3)18-27(4)23-48)42(29(6)35(50)21-37(51)60-36)61-45-41(54)38(47(9)10)39(52)30(7)58-45/h14-15,19,26-33,35-36,38-46,50,52-54H,13,16-18,20-24H2,1-12H3/b15-14+,25-19+/t26-,27-,28-,29+,30+,31+,32+,33+,35-,36-,38+,39-,40-,41-,42-,43-,44-,45+,46-/m1/s1. The van der Waals surface area contributed by atoms with Crippen LogP contribution in [0.4, 0.5) is 0 Å². The minimum absolute atomic E-state index is 0.0427. The van der Waals surface area contributed by atoms with E-state index >= 15 is 0 Å². The number of allylic oxidation sites excluding steroid dienone is 3. The molecule has 0 spiro atoms. The van der Waals surface area contributed by atoms with Crippen LogP contribution in [0.5, 0.6) is 0 Å². The number of rotatable bonds is 12. The Hall–Kier alpha value is -1.86. The zero-order valence-electron chi connectivity index (χ0n) is 38.9. The smallest absolute Gasteiger partial charge is 0.308 e. The Balaban J connectivity index is 1.68. The van der Waals surface area contributed by atoms with Crippen molar-refractivity contribution < 1.29 is 63.2 Å². The van der Waals surface area contributed by atoms with Gasteiger partial charge in [0, 0.05) is 45.1 Å². The van der Waals surface area contributed by atoms with Crippen LogP contribution in [0, 0.1) is 35.5 Å². The number of methoxy groups -OCH3 is 2. The number of piperidine rings is 1. The lowest BCUT2D eigenvalue weighted by atomic mass is 9.79. The molecule has 0 bridgehead atoms. The lowest BCUT2D eigenvalue weighted by Gasteiger charge is -2.47. The van der Waals surface area contributed by atoms with Gasteiger partial charge in [0.05, 0.1) is 49.6 Å². The number of carbonyl (C=O) groups excluding carboxylic acids is 2. The van der Waals surface area contributed by atoms with E-state index in [1.165, 1.54) is 20.6 Å². The molecule has 0 unspecified atom stereocenters. The molecule has 0 aromatic carbocycles. The summed E-state index contributed by atoms with van der Waals surface area (Å²) in [6.07, 6.45) is -2.96. The Labute approximate surface area is 365 Å². The maximum Gasteiger partial charge on any atom is 0.308 e. The van der Waals surface area contributed by atoms with Gasteiger partial charge in [-0.15, -0.1) is 0 Å². The summed E-state index contributed by atoms with van der Waals surface area (Å²) in [5.41, 5.74) is 0.761. The van der Waals surface area contributed by atoms with Crippen LogP contribution in [0.3, 0.4) is 0 Å². The number of esters is 1. The third-order valence-corrected chi connectivity index (χ3v) is 13.5. The van der Waals surface area contributed by atoms with Gasteiger partial charge in [-0.3, -0.25) is 9.59 Å². The van der Waals surface area contributed by atoms with Gasteiger partial charge in [-0.25, -0.2) is 0 Å². The summed E-state index contributed by atoms with van der Waals surface area (Å²) < 4.78 is 42.6. The van der Waals surface area contributed by atoms with Crippen molar-refractivity contribution in [1.29, 1.82) is 0 Å². The molecule has 19 atom stereocenters. The predicted octanol–water partition coefficient (Wildman–Crippen LogP) is 3.34. The molecule has 0 aromatic rings. The maximum absolute atomic E-state index is 14.0. The van der Waals surface area contributed by atoms with E-state index in [0.717, 1.165) is 25.2 Å². The van der Waals surface area contributed by atoms with Crippen molar-refractivity contribution in [2.24, 2.45) is 35.5 Å². The molecule has 0 amide bonds. The fourth-order valence-electron chi connectivity index (χ4n) is 10.0. The first-order valence-corrected chi connectivity index (χ1v) is 22.6. The number of cyclic esters (lactones) is 1. The van der Waals surface area contributed by atoms with Gasteiger partial charge in [0.1, 0.15) is 30.5 Å². The number of carbonyl (C=O) groups is 2. The Morgan fingerprint density at radius 3 is 2.05 bits per heavy atom. The SMILES string of the molecule is CC[C@H]1OC(=O)C[C@@H](O)[C@H](C)[C@@H](O[C@@H]2O[C@@H](C)[C@@H](O)[C@H](N(C)C)[C@H]2O)[C@@H](CCN2C[C@H](C)C[C@@H](C)C2)C[C@@H](C)C(=O)/C=C/C(C)=C/[C@H]1CO[C@@H]1O[C@@H](C)[C@@H](O)[C@@H](OC)[C@H]1OC. The van der Waals surface area contributed by atoms with E-state index in [1.807, 2.05) is 33.8 Å². The molecule has 4 rings (SSSR count). The van der Waals surface area contributed by atoms with Crippen LogP contribution >= 0.6 is 0 Å². The van der Waals surface area contributed by atoms with Gasteiger partial charge in [-0.05, 0) is 90.9 Å². The third kappa shape index (κ3) is 13.8. The molecule has 4 aliphatic heterocycles. The molecule has 3 saturated heterocycles. The molecule has 4 N–H and O–H groups in total. The fraction of sp³-hybridized carbons (Fsp3) is 0.870. The number of hydrogen-bond acceptors (Lipinski definition) is 15. The highest BCUT2D eigenvalue weighted by atomic mass is 16.7. The van der Waals surface area contributed by atoms with Crippen LogP contribution in [-0.2, 0) is 42.7 Å². The number of hydrogen-bond donors (Lipinski definition) is 4. The highest BCUT2D eigenvalue weighted by Crippen LogP contribution is 2.36. The second-order valence-corrected chi connectivity index (χ2v) is 18.9. The second kappa shape index (κ2) is 23.9. The zero-order valence-corrected chi connectivity index (χ0v) is 38.9. The van der Waals surface area contributed by atoms with Crippen LogP contribution < -0.4 is 0 Å². The van der Waals surface area contributed by atoms with Crippen molar-refractivity contribution in [1.82, 2.24) is 9.80 Å². The molecule has 0 radical (unpaired) electrons. The summed E-state index contributed by atoms with van der Waals surface area (Å²) in [4.78, 5) is 32.1. The molecule has 4 heterocycles. The Bertz CT molecular complexity index is 1420. The number of likely N-dealkylation sites (N-methyl/N-ethyl adjacent to an activating group) is 1. The highest BCUT2D eigenvalue weighted by Gasteiger charge is 2.48. The van der Waals surface area contributed by atoms with Crippen LogP contribution in [0.15, 0.2) is 23.8 Å². The first kappa shape index (κ1) is 51.8. The number of likely N-dealkylation sites (tertiary alicyclic amines) is 1. The first-order chi connectivity index (χ1) is 28.8. The molecule has 4 aliphatic rings. The number of ether oxygens (including phenoxy) is 7. The molecule has 352 valence electrons. The molecular weight excluding hydrogens is 789 g/mol. The summed E-state index contributed by atoms with van der Waals surface area (Å²) in [5, 5.41) is 45.3. The number of nitrogens with zero attached hydrogens (tertiary/aromatic N) is 2. The van der Waals surface area contributed by atoms with Gasteiger partial charge < -0.3 is 63.4 Å². The van der Waals surface area contributed by atoms with Crippen molar-refractivity contribution in [3.8, 4) is 0 Å². The van der Waals surface area contributed by atoms with E-state index in [0.29, 0.717) is 31.1 Å². The zero-order chi connectivity index (χ0) is 45.3. The quantitative estimate of drug-likeness (QED) is 0.209. The van der Waals surface area contributed by atoms with Crippen molar-refractivity contribution in [2.75, 3.05) is 54.6 Å². The van der Waals surface area contributed by atoms with Crippen LogP contribution in [0.2, 0.25) is 0 Å². The van der Waals surface area contributed by atoms with Crippen molar-refractivity contribution in [3.05, 3.63) is 23.8 Å². The van der Waals surface area contributed by atoms with Crippen molar-refractivity contribution >= 4 is 11.8 Å². The normalized spacial score (nSPS) is 44.3. The van der Waals surface area contributed by atoms with E-state index < -0.39 is 103 Å². The number of aliphatic hydroxyl groups excluding tert-OH is 4. The number of ketones is 1. The van der Waals surface area contributed by atoms with Gasteiger partial charge in [0.25, 0.3) is 0 Å². The van der Waals surface area contributed by atoms with Crippen molar-refractivity contribution in [3.63, 3.8) is 0 Å². The summed E-state index contributed by atoms with van der Waals surface area (Å²) >= 11 is 0. The predicted molar refractivity (Wildman–Crippen MR) is 229 cm³/mol. The maximum atomic E-state index is 14.0. The van der Waals surface area contributed by atoms with E-state index in [1.54, 1.807) is 45.0 Å². The monoisotopic (exact) mass is 869 g/mol. The van der Waals surface area contributed by atoms with Crippen LogP contribution in [-0.4, -0.2) is 176 Å². The highest BCUT2D eigenvalue weighted by molar-refractivity contribution is 5.91. The second-order valence-electron chi connectivity index (χ2n) is 18.9. The lowest BCUT2D eigenvalue weighted by Crippen LogP contribution is -2.63. The van der Waals surface area contributed by atoms with Gasteiger partial charge in [-0.2, -0.15) is 0 Å². The van der Waals surface area contributed by atoms with Gasteiger partial charge in [0.15, 0.2) is 18.4 Å². The molecule has 3 fully saturated rings. The van der Waals surface area contributed by atoms with Crippen LogP contribution in [0.25, 0.3) is 0 Å².